The van der Waals surface area contributed by atoms with E-state index >= 15 is 0 Å². The summed E-state index contributed by atoms with van der Waals surface area (Å²) in [6.07, 6.45) is 0.0363. The second kappa shape index (κ2) is 10.5. The monoisotopic (exact) mass is 480 g/mol. The van der Waals surface area contributed by atoms with E-state index in [1.807, 2.05) is 45.0 Å². The molecule has 1 unspecified atom stereocenters. The summed E-state index contributed by atoms with van der Waals surface area (Å²) in [5.41, 5.74) is 3.35. The lowest BCUT2D eigenvalue weighted by Gasteiger charge is -2.27. The van der Waals surface area contributed by atoms with Crippen LogP contribution in [0.3, 0.4) is 0 Å². The largest absolute Gasteiger partial charge is 0.481 e. The number of carbonyl (C=O) groups excluding carboxylic acids is 2. The van der Waals surface area contributed by atoms with E-state index in [1.54, 1.807) is 13.8 Å². The van der Waals surface area contributed by atoms with Crippen molar-refractivity contribution >= 4 is 18.0 Å². The summed E-state index contributed by atoms with van der Waals surface area (Å²) < 4.78 is 5.62. The predicted molar refractivity (Wildman–Crippen MR) is 135 cm³/mol. The van der Waals surface area contributed by atoms with Gasteiger partial charge in [-0.25, -0.2) is 4.79 Å². The fraction of sp³-hybridized carbons (Fsp3) is 0.464. The summed E-state index contributed by atoms with van der Waals surface area (Å²) in [4.78, 5) is 36.9. The van der Waals surface area contributed by atoms with E-state index in [0.29, 0.717) is 6.42 Å². The molecule has 188 valence electrons. The number of rotatable bonds is 9. The minimum atomic E-state index is -0.951. The van der Waals surface area contributed by atoms with Crippen molar-refractivity contribution in [3.8, 4) is 11.1 Å². The number of hydrogen-bond donors (Lipinski definition) is 3. The van der Waals surface area contributed by atoms with Crippen LogP contribution in [0.2, 0.25) is 0 Å². The number of fused-ring (bicyclic) bond motifs is 3. The minimum absolute atomic E-state index is 0.0682. The Hall–Kier alpha value is -3.35. The maximum atomic E-state index is 12.9. The fourth-order valence-corrected chi connectivity index (χ4v) is 4.33. The highest BCUT2D eigenvalue weighted by Crippen LogP contribution is 2.44. The summed E-state index contributed by atoms with van der Waals surface area (Å²) in [7, 11) is 0. The maximum absolute atomic E-state index is 12.9. The zero-order valence-electron chi connectivity index (χ0n) is 21.2. The average molecular weight is 481 g/mol. The summed E-state index contributed by atoms with van der Waals surface area (Å²) in [5.74, 6) is -1.34. The van der Waals surface area contributed by atoms with E-state index in [9.17, 15) is 19.5 Å². The van der Waals surface area contributed by atoms with Crippen molar-refractivity contribution in [2.75, 3.05) is 13.2 Å². The van der Waals surface area contributed by atoms with Crippen LogP contribution >= 0.6 is 0 Å². The Balaban J connectivity index is 1.63. The van der Waals surface area contributed by atoms with Gasteiger partial charge >= 0.3 is 12.1 Å². The lowest BCUT2D eigenvalue weighted by atomic mass is 9.87. The van der Waals surface area contributed by atoms with Gasteiger partial charge in [-0.05, 0) is 54.4 Å². The summed E-state index contributed by atoms with van der Waals surface area (Å²) >= 11 is 0. The second-order valence-electron chi connectivity index (χ2n) is 11.0. The molecule has 0 heterocycles. The highest BCUT2D eigenvalue weighted by atomic mass is 16.5. The van der Waals surface area contributed by atoms with Crippen molar-refractivity contribution in [1.29, 1.82) is 0 Å². The molecule has 0 saturated heterocycles. The first-order valence-corrected chi connectivity index (χ1v) is 12.0. The van der Waals surface area contributed by atoms with Crippen LogP contribution in [0.1, 0.15) is 64.5 Å². The molecule has 0 saturated carbocycles. The van der Waals surface area contributed by atoms with E-state index < -0.39 is 23.5 Å². The molecule has 3 N–H and O–H groups in total. The van der Waals surface area contributed by atoms with Crippen molar-refractivity contribution in [3.05, 3.63) is 59.7 Å². The van der Waals surface area contributed by atoms with Gasteiger partial charge in [-0.3, -0.25) is 9.59 Å². The number of nitrogens with one attached hydrogen (secondary N) is 2. The van der Waals surface area contributed by atoms with Gasteiger partial charge in [0.15, 0.2) is 0 Å². The average Bonchev–Trinajstić information content (AvgIpc) is 3.10. The van der Waals surface area contributed by atoms with Gasteiger partial charge in [-0.2, -0.15) is 0 Å². The molecule has 3 rings (SSSR count). The van der Waals surface area contributed by atoms with E-state index in [2.05, 4.69) is 34.9 Å². The molecule has 2 aromatic rings. The molecule has 7 heteroatoms. The van der Waals surface area contributed by atoms with Gasteiger partial charge in [-0.15, -0.1) is 0 Å². The van der Waals surface area contributed by atoms with Gasteiger partial charge < -0.3 is 20.5 Å². The number of carbonyl (C=O) groups is 3. The van der Waals surface area contributed by atoms with Crippen molar-refractivity contribution < 1.29 is 24.2 Å². The van der Waals surface area contributed by atoms with Crippen molar-refractivity contribution in [2.45, 2.75) is 59.4 Å². The van der Waals surface area contributed by atoms with Gasteiger partial charge in [0.2, 0.25) is 5.91 Å². The SMILES string of the molecule is CC(C)(C)CC(NC(=O)OCC1c2ccccc2-c2ccccc21)C(=O)NCCC(C)(C)C(=O)O. The third-order valence-electron chi connectivity index (χ3n) is 6.40. The molecular weight excluding hydrogens is 444 g/mol. The lowest BCUT2D eigenvalue weighted by molar-refractivity contribution is -0.147. The van der Waals surface area contributed by atoms with Crippen LogP contribution in [-0.2, 0) is 14.3 Å². The molecule has 2 amide bonds. The minimum Gasteiger partial charge on any atom is -0.481 e. The van der Waals surface area contributed by atoms with Crippen LogP contribution in [0.4, 0.5) is 4.79 Å². The van der Waals surface area contributed by atoms with Gasteiger partial charge in [0.05, 0.1) is 5.41 Å². The molecule has 0 spiro atoms. The first-order valence-electron chi connectivity index (χ1n) is 12.0. The predicted octanol–water partition coefficient (Wildman–Crippen LogP) is 4.95. The van der Waals surface area contributed by atoms with Crippen LogP contribution in [0.25, 0.3) is 11.1 Å². The highest BCUT2D eigenvalue weighted by molar-refractivity contribution is 5.86. The number of aliphatic carboxylic acids is 1. The molecular formula is C28H36N2O5. The van der Waals surface area contributed by atoms with Crippen LogP contribution in [0.15, 0.2) is 48.5 Å². The molecule has 0 bridgehead atoms. The Morgan fingerprint density at radius 2 is 1.49 bits per heavy atom. The van der Waals surface area contributed by atoms with Crippen molar-refractivity contribution in [2.24, 2.45) is 10.8 Å². The molecule has 0 radical (unpaired) electrons. The number of hydrogen-bond acceptors (Lipinski definition) is 4. The number of carboxylic acids is 1. The molecule has 0 aliphatic heterocycles. The Labute approximate surface area is 207 Å². The molecule has 1 aliphatic rings. The molecule has 1 aliphatic carbocycles. The number of benzene rings is 2. The first-order chi connectivity index (χ1) is 16.4. The first kappa shape index (κ1) is 26.3. The van der Waals surface area contributed by atoms with Crippen LogP contribution in [-0.4, -0.2) is 42.3 Å². The normalized spacial score (nSPS) is 14.0. The van der Waals surface area contributed by atoms with Crippen LogP contribution in [0, 0.1) is 10.8 Å². The Morgan fingerprint density at radius 3 is 2.00 bits per heavy atom. The maximum Gasteiger partial charge on any atom is 0.407 e. The number of ether oxygens (including phenoxy) is 1. The van der Waals surface area contributed by atoms with Crippen molar-refractivity contribution in [3.63, 3.8) is 0 Å². The molecule has 0 aromatic heterocycles. The van der Waals surface area contributed by atoms with E-state index in [1.165, 1.54) is 0 Å². The zero-order chi connectivity index (χ0) is 25.8. The molecule has 0 fully saturated rings. The third-order valence-corrected chi connectivity index (χ3v) is 6.40. The lowest BCUT2D eigenvalue weighted by Crippen LogP contribution is -2.49. The quantitative estimate of drug-likeness (QED) is 0.471. The fourth-order valence-electron chi connectivity index (χ4n) is 4.33. The number of amides is 2. The summed E-state index contributed by atoms with van der Waals surface area (Å²) in [6, 6.07) is 15.4. The Bertz CT molecular complexity index is 1040. The van der Waals surface area contributed by atoms with Gasteiger partial charge in [0.25, 0.3) is 0 Å². The summed E-state index contributed by atoms with van der Waals surface area (Å²) in [6.45, 7) is 9.55. The summed E-state index contributed by atoms with van der Waals surface area (Å²) in [5, 5.41) is 14.8. The van der Waals surface area contributed by atoms with Gasteiger partial charge in [-0.1, -0.05) is 69.3 Å². The third kappa shape index (κ3) is 6.62. The van der Waals surface area contributed by atoms with E-state index in [-0.39, 0.29) is 36.8 Å². The Kier molecular flexibility index (Phi) is 7.88. The van der Waals surface area contributed by atoms with E-state index in [4.69, 9.17) is 4.74 Å². The number of alkyl carbamates (subject to hydrolysis) is 1. The smallest absolute Gasteiger partial charge is 0.407 e. The van der Waals surface area contributed by atoms with Gasteiger partial charge in [0, 0.05) is 12.5 Å². The van der Waals surface area contributed by atoms with Crippen LogP contribution in [0.5, 0.6) is 0 Å². The Morgan fingerprint density at radius 1 is 0.943 bits per heavy atom. The molecule has 35 heavy (non-hydrogen) atoms. The molecule has 1 atom stereocenters. The molecule has 2 aromatic carbocycles. The number of carboxylic acid groups (broad SMARTS) is 1. The van der Waals surface area contributed by atoms with Gasteiger partial charge in [0.1, 0.15) is 12.6 Å². The van der Waals surface area contributed by atoms with Crippen LogP contribution < -0.4 is 10.6 Å². The zero-order valence-corrected chi connectivity index (χ0v) is 21.2. The highest BCUT2D eigenvalue weighted by Gasteiger charge is 2.32. The van der Waals surface area contributed by atoms with Crippen molar-refractivity contribution in [1.82, 2.24) is 10.6 Å². The topological polar surface area (TPSA) is 105 Å². The second-order valence-corrected chi connectivity index (χ2v) is 11.0. The molecule has 7 nitrogen and oxygen atoms in total. The van der Waals surface area contributed by atoms with E-state index in [0.717, 1.165) is 22.3 Å². The standard InChI is InChI=1S/C28H36N2O5/c1-27(2,3)16-23(24(31)29-15-14-28(4,5)25(32)33)30-26(34)35-17-22-20-12-8-6-10-18(20)19-11-7-9-13-21(19)22/h6-13,22-23H,14-17H2,1-5H3,(H,29,31)(H,30,34)(H,32,33).